The quantitative estimate of drug-likeness (QED) is 0.460. The van der Waals surface area contributed by atoms with Gasteiger partial charge in [0.2, 0.25) is 0 Å². The van der Waals surface area contributed by atoms with Crippen LogP contribution in [-0.4, -0.2) is 47.8 Å². The smallest absolute Gasteiger partial charge is 0.434 e. The summed E-state index contributed by atoms with van der Waals surface area (Å²) in [7, 11) is 0. The highest BCUT2D eigenvalue weighted by atomic mass is 16.6. The summed E-state index contributed by atoms with van der Waals surface area (Å²) in [6.07, 6.45) is 3.24. The number of nitrogens with zero attached hydrogens (tertiary/aromatic N) is 1. The van der Waals surface area contributed by atoms with Crippen LogP contribution >= 0.6 is 0 Å². The average molecular weight is 288 g/mol. The molecule has 0 heterocycles. The van der Waals surface area contributed by atoms with Crippen LogP contribution in [0.5, 0.6) is 0 Å². The lowest BCUT2D eigenvalue weighted by atomic mass is 9.95. The summed E-state index contributed by atoms with van der Waals surface area (Å²) < 4.78 is 9.73. The van der Waals surface area contributed by atoms with Gasteiger partial charge in [0.25, 0.3) is 0 Å². The lowest BCUT2D eigenvalue weighted by Gasteiger charge is -2.28. The first-order chi connectivity index (χ1) is 9.50. The minimum absolute atomic E-state index is 0.00416. The first-order valence-electron chi connectivity index (χ1n) is 7.10. The van der Waals surface area contributed by atoms with Crippen LogP contribution < -0.4 is 5.32 Å². The number of hydrogen-bond donors (Lipinski definition) is 2. The molecule has 0 bridgehead atoms. The predicted molar refractivity (Wildman–Crippen MR) is 71.5 cm³/mol. The van der Waals surface area contributed by atoms with Crippen molar-refractivity contribution in [3.05, 3.63) is 0 Å². The molecule has 7 heteroatoms. The van der Waals surface area contributed by atoms with Crippen molar-refractivity contribution in [1.29, 1.82) is 0 Å². The van der Waals surface area contributed by atoms with Gasteiger partial charge in [0.15, 0.2) is 0 Å². The first-order valence-corrected chi connectivity index (χ1v) is 7.10. The van der Waals surface area contributed by atoms with Crippen molar-refractivity contribution in [1.82, 2.24) is 10.4 Å². The Balaban J connectivity index is 2.14. The van der Waals surface area contributed by atoms with Gasteiger partial charge in [-0.3, -0.25) is 5.21 Å². The number of alkyl carbamates (subject to hydrolysis) is 1. The van der Waals surface area contributed by atoms with E-state index in [1.54, 1.807) is 13.8 Å². The van der Waals surface area contributed by atoms with E-state index < -0.39 is 12.2 Å². The zero-order valence-electron chi connectivity index (χ0n) is 12.1. The number of hydrogen-bond acceptors (Lipinski definition) is 5. The minimum Gasteiger partial charge on any atom is -0.447 e. The summed E-state index contributed by atoms with van der Waals surface area (Å²) in [6.45, 7) is 3.63. The van der Waals surface area contributed by atoms with E-state index in [0.717, 1.165) is 32.1 Å². The highest BCUT2D eigenvalue weighted by molar-refractivity contribution is 5.68. The number of rotatable bonds is 5. The maximum atomic E-state index is 11.6. The molecular weight excluding hydrogens is 264 g/mol. The van der Waals surface area contributed by atoms with Crippen molar-refractivity contribution < 1.29 is 24.3 Å². The van der Waals surface area contributed by atoms with Crippen molar-refractivity contribution in [2.45, 2.75) is 58.1 Å². The number of nitrogens with one attached hydrogen (secondary N) is 1. The molecule has 0 saturated heterocycles. The zero-order chi connectivity index (χ0) is 15.0. The Morgan fingerprint density at radius 3 is 2.55 bits per heavy atom. The number of amides is 2. The van der Waals surface area contributed by atoms with Crippen LogP contribution in [0.25, 0.3) is 0 Å². The van der Waals surface area contributed by atoms with Crippen LogP contribution in [0.1, 0.15) is 46.0 Å². The van der Waals surface area contributed by atoms with E-state index in [2.05, 4.69) is 5.32 Å². The maximum Gasteiger partial charge on any atom is 0.434 e. The van der Waals surface area contributed by atoms with E-state index in [1.807, 2.05) is 0 Å². The van der Waals surface area contributed by atoms with Gasteiger partial charge in [-0.05, 0) is 26.7 Å². The summed E-state index contributed by atoms with van der Waals surface area (Å²) in [6, 6.07) is -0.157. The monoisotopic (exact) mass is 288 g/mol. The fourth-order valence-electron chi connectivity index (χ4n) is 2.09. The Kier molecular flexibility index (Phi) is 7.14. The molecule has 1 fully saturated rings. The molecule has 1 saturated carbocycles. The topological polar surface area (TPSA) is 88.1 Å². The maximum absolute atomic E-state index is 11.6. The van der Waals surface area contributed by atoms with Gasteiger partial charge in [0, 0.05) is 0 Å². The predicted octanol–water partition coefficient (Wildman–Crippen LogP) is 2.28. The molecule has 0 aromatic rings. The third kappa shape index (κ3) is 6.10. The molecule has 7 nitrogen and oxygen atoms in total. The third-order valence-corrected chi connectivity index (χ3v) is 3.05. The standard InChI is InChI=1S/C13H24N2O5/c1-10(2)20-12(16)14-8-9-19-13(17)15(18)11-6-4-3-5-7-11/h10-11,18H,3-9H2,1-2H3,(H,14,16). The van der Waals surface area contributed by atoms with Gasteiger partial charge in [-0.1, -0.05) is 19.3 Å². The fraction of sp³-hybridized carbons (Fsp3) is 0.846. The van der Waals surface area contributed by atoms with Gasteiger partial charge < -0.3 is 14.8 Å². The Morgan fingerprint density at radius 1 is 1.30 bits per heavy atom. The fourth-order valence-corrected chi connectivity index (χ4v) is 2.09. The van der Waals surface area contributed by atoms with Crippen LogP contribution in [0.15, 0.2) is 0 Å². The van der Waals surface area contributed by atoms with Crippen LogP contribution in [0, 0.1) is 0 Å². The van der Waals surface area contributed by atoms with Gasteiger partial charge in [-0.15, -0.1) is 0 Å². The Morgan fingerprint density at radius 2 is 1.95 bits per heavy atom. The molecule has 116 valence electrons. The number of ether oxygens (including phenoxy) is 2. The van der Waals surface area contributed by atoms with Gasteiger partial charge in [0.1, 0.15) is 6.61 Å². The molecule has 0 atom stereocenters. The summed E-state index contributed by atoms with van der Waals surface area (Å²) in [5.41, 5.74) is 0. The van der Waals surface area contributed by atoms with Crippen molar-refractivity contribution >= 4 is 12.2 Å². The largest absolute Gasteiger partial charge is 0.447 e. The molecule has 1 rings (SSSR count). The highest BCUT2D eigenvalue weighted by Crippen LogP contribution is 2.21. The van der Waals surface area contributed by atoms with E-state index in [9.17, 15) is 14.8 Å². The molecule has 0 unspecified atom stereocenters. The normalized spacial score (nSPS) is 15.8. The summed E-state index contributed by atoms with van der Waals surface area (Å²) >= 11 is 0. The van der Waals surface area contributed by atoms with Crippen LogP contribution in [-0.2, 0) is 9.47 Å². The summed E-state index contributed by atoms with van der Waals surface area (Å²) in [5.74, 6) is 0. The molecule has 20 heavy (non-hydrogen) atoms. The highest BCUT2D eigenvalue weighted by Gasteiger charge is 2.25. The van der Waals surface area contributed by atoms with Crippen molar-refractivity contribution in [3.8, 4) is 0 Å². The van der Waals surface area contributed by atoms with E-state index in [0.29, 0.717) is 5.06 Å². The van der Waals surface area contributed by atoms with E-state index in [1.165, 1.54) is 0 Å². The lowest BCUT2D eigenvalue weighted by Crippen LogP contribution is -2.40. The molecular formula is C13H24N2O5. The van der Waals surface area contributed by atoms with Gasteiger partial charge in [0.05, 0.1) is 18.7 Å². The summed E-state index contributed by atoms with van der Waals surface area (Å²) in [4.78, 5) is 22.7. The van der Waals surface area contributed by atoms with Crippen LogP contribution in [0.4, 0.5) is 9.59 Å². The molecule has 0 radical (unpaired) electrons. The second-order valence-corrected chi connectivity index (χ2v) is 5.13. The molecule has 0 aromatic carbocycles. The van der Waals surface area contributed by atoms with Crippen molar-refractivity contribution in [2.24, 2.45) is 0 Å². The first kappa shape index (κ1) is 16.6. The molecule has 0 aliphatic heterocycles. The molecule has 1 aliphatic rings. The molecule has 0 aromatic heterocycles. The molecule has 2 amide bonds. The average Bonchev–Trinajstić information content (AvgIpc) is 2.42. The van der Waals surface area contributed by atoms with E-state index >= 15 is 0 Å². The Hall–Kier alpha value is -1.50. The summed E-state index contributed by atoms with van der Waals surface area (Å²) in [5, 5.41) is 12.8. The minimum atomic E-state index is -0.768. The second-order valence-electron chi connectivity index (χ2n) is 5.13. The number of hydroxylamine groups is 2. The molecule has 2 N–H and O–H groups in total. The van der Waals surface area contributed by atoms with E-state index in [4.69, 9.17) is 9.47 Å². The van der Waals surface area contributed by atoms with Gasteiger partial charge in [-0.25, -0.2) is 9.59 Å². The van der Waals surface area contributed by atoms with Gasteiger partial charge in [-0.2, -0.15) is 5.06 Å². The second kappa shape index (κ2) is 8.63. The van der Waals surface area contributed by atoms with E-state index in [-0.39, 0.29) is 25.3 Å². The van der Waals surface area contributed by atoms with Crippen LogP contribution in [0.3, 0.4) is 0 Å². The zero-order valence-corrected chi connectivity index (χ0v) is 12.1. The molecule has 1 aliphatic carbocycles. The van der Waals surface area contributed by atoms with Gasteiger partial charge >= 0.3 is 12.2 Å². The van der Waals surface area contributed by atoms with Crippen LogP contribution in [0.2, 0.25) is 0 Å². The number of carbonyl (C=O) groups excluding carboxylic acids is 2. The lowest BCUT2D eigenvalue weighted by molar-refractivity contribution is -0.111. The SMILES string of the molecule is CC(C)OC(=O)NCCOC(=O)N(O)C1CCCCC1. The molecule has 0 spiro atoms. The number of carbonyl (C=O) groups is 2. The van der Waals surface area contributed by atoms with Crippen molar-refractivity contribution in [3.63, 3.8) is 0 Å². The third-order valence-electron chi connectivity index (χ3n) is 3.05. The van der Waals surface area contributed by atoms with Crippen molar-refractivity contribution in [2.75, 3.05) is 13.2 Å². The Bertz CT molecular complexity index is 316. The Labute approximate surface area is 119 Å².